The molecule has 76 valence electrons. The SMILES string of the molecule is COC(OC)/C(Cl)=C\CCC(C)=O. The van der Waals surface area contributed by atoms with E-state index in [0.29, 0.717) is 17.9 Å². The molecule has 4 heteroatoms. The second-order valence-electron chi connectivity index (χ2n) is 2.63. The van der Waals surface area contributed by atoms with Gasteiger partial charge in [-0.1, -0.05) is 17.7 Å². The highest BCUT2D eigenvalue weighted by Crippen LogP contribution is 2.13. The smallest absolute Gasteiger partial charge is 0.193 e. The van der Waals surface area contributed by atoms with E-state index in [4.69, 9.17) is 21.1 Å². The first kappa shape index (κ1) is 12.6. The zero-order chi connectivity index (χ0) is 10.3. The molecule has 0 radical (unpaired) electrons. The fourth-order valence-corrected chi connectivity index (χ4v) is 1.12. The van der Waals surface area contributed by atoms with Crippen LogP contribution in [0, 0.1) is 0 Å². The van der Waals surface area contributed by atoms with Gasteiger partial charge in [0.15, 0.2) is 6.29 Å². The molecule has 0 unspecified atom stereocenters. The maximum Gasteiger partial charge on any atom is 0.193 e. The van der Waals surface area contributed by atoms with Gasteiger partial charge < -0.3 is 14.3 Å². The van der Waals surface area contributed by atoms with Crippen LogP contribution in [0.3, 0.4) is 0 Å². The molecule has 0 aliphatic rings. The summed E-state index contributed by atoms with van der Waals surface area (Å²) in [5.74, 6) is 0.145. The Kier molecular flexibility index (Phi) is 6.86. The zero-order valence-electron chi connectivity index (χ0n) is 8.17. The van der Waals surface area contributed by atoms with Crippen LogP contribution in [0.2, 0.25) is 0 Å². The molecule has 0 bridgehead atoms. The van der Waals surface area contributed by atoms with Crippen LogP contribution >= 0.6 is 11.6 Å². The van der Waals surface area contributed by atoms with Crippen molar-refractivity contribution in [2.45, 2.75) is 26.1 Å². The van der Waals surface area contributed by atoms with Crippen molar-refractivity contribution in [3.63, 3.8) is 0 Å². The number of allylic oxidation sites excluding steroid dienone is 1. The lowest BCUT2D eigenvalue weighted by Crippen LogP contribution is -2.12. The molecule has 0 aromatic carbocycles. The highest BCUT2D eigenvalue weighted by molar-refractivity contribution is 6.30. The number of Topliss-reactive ketones (excluding diaryl/α,β-unsaturated/α-hetero) is 1. The molecule has 0 aliphatic heterocycles. The van der Waals surface area contributed by atoms with E-state index < -0.39 is 6.29 Å². The van der Waals surface area contributed by atoms with Crippen molar-refractivity contribution >= 4 is 17.4 Å². The zero-order valence-corrected chi connectivity index (χ0v) is 8.93. The predicted octanol–water partition coefficient (Wildman–Crippen LogP) is 2.10. The van der Waals surface area contributed by atoms with E-state index in [1.807, 2.05) is 0 Å². The first-order valence-electron chi connectivity index (χ1n) is 4.02. The molecule has 0 N–H and O–H groups in total. The molecule has 13 heavy (non-hydrogen) atoms. The molecule has 0 saturated carbocycles. The maximum atomic E-state index is 10.6. The Labute approximate surface area is 83.7 Å². The molecule has 0 saturated heterocycles. The summed E-state index contributed by atoms with van der Waals surface area (Å²) >= 11 is 5.83. The highest BCUT2D eigenvalue weighted by atomic mass is 35.5. The first-order valence-corrected chi connectivity index (χ1v) is 4.40. The minimum absolute atomic E-state index is 0.145. The molecule has 0 heterocycles. The van der Waals surface area contributed by atoms with Gasteiger partial charge in [-0.25, -0.2) is 0 Å². The van der Waals surface area contributed by atoms with Crippen LogP contribution in [-0.2, 0) is 14.3 Å². The van der Waals surface area contributed by atoms with Crippen LogP contribution in [0.5, 0.6) is 0 Å². The molecule has 0 atom stereocenters. The van der Waals surface area contributed by atoms with Crippen LogP contribution in [0.15, 0.2) is 11.1 Å². The Hall–Kier alpha value is -0.380. The summed E-state index contributed by atoms with van der Waals surface area (Å²) < 4.78 is 9.82. The fourth-order valence-electron chi connectivity index (χ4n) is 0.831. The van der Waals surface area contributed by atoms with Crippen molar-refractivity contribution < 1.29 is 14.3 Å². The van der Waals surface area contributed by atoms with Crippen LogP contribution in [-0.4, -0.2) is 26.3 Å². The van der Waals surface area contributed by atoms with E-state index >= 15 is 0 Å². The third-order valence-electron chi connectivity index (χ3n) is 1.49. The van der Waals surface area contributed by atoms with Gasteiger partial charge in [0.05, 0.1) is 5.03 Å². The third-order valence-corrected chi connectivity index (χ3v) is 1.82. The van der Waals surface area contributed by atoms with E-state index in [-0.39, 0.29) is 5.78 Å². The van der Waals surface area contributed by atoms with Gasteiger partial charge in [0.25, 0.3) is 0 Å². The largest absolute Gasteiger partial charge is 0.351 e. The van der Waals surface area contributed by atoms with E-state index in [9.17, 15) is 4.79 Å². The Bertz CT molecular complexity index is 185. The molecular formula is C9H15ClO3. The van der Waals surface area contributed by atoms with Crippen molar-refractivity contribution in [2.75, 3.05) is 14.2 Å². The van der Waals surface area contributed by atoms with Crippen molar-refractivity contribution in [1.29, 1.82) is 0 Å². The molecular weight excluding hydrogens is 192 g/mol. The van der Waals surface area contributed by atoms with Gasteiger partial charge >= 0.3 is 0 Å². The Morgan fingerprint density at radius 1 is 1.46 bits per heavy atom. The number of carbonyl (C=O) groups excluding carboxylic acids is 1. The summed E-state index contributed by atoms with van der Waals surface area (Å²) in [6.45, 7) is 1.55. The van der Waals surface area contributed by atoms with Crippen LogP contribution in [0.1, 0.15) is 19.8 Å². The minimum Gasteiger partial charge on any atom is -0.351 e. The number of hydrogen-bond donors (Lipinski definition) is 0. The number of ether oxygens (including phenoxy) is 2. The number of rotatable bonds is 6. The minimum atomic E-state index is -0.520. The summed E-state index contributed by atoms with van der Waals surface area (Å²) in [4.78, 5) is 10.6. The number of hydrogen-bond acceptors (Lipinski definition) is 3. The van der Waals surface area contributed by atoms with E-state index in [1.54, 1.807) is 13.0 Å². The summed E-state index contributed by atoms with van der Waals surface area (Å²) in [5.41, 5.74) is 0. The number of halogens is 1. The van der Waals surface area contributed by atoms with Crippen molar-refractivity contribution in [3.05, 3.63) is 11.1 Å². The second kappa shape index (κ2) is 7.06. The summed E-state index contributed by atoms with van der Waals surface area (Å²) in [6, 6.07) is 0. The monoisotopic (exact) mass is 206 g/mol. The number of methoxy groups -OCH3 is 2. The maximum absolute atomic E-state index is 10.6. The van der Waals surface area contributed by atoms with Gasteiger partial charge in [-0.3, -0.25) is 0 Å². The van der Waals surface area contributed by atoms with Gasteiger partial charge in [-0.2, -0.15) is 0 Å². The molecule has 0 spiro atoms. The average Bonchev–Trinajstić information content (AvgIpc) is 2.05. The van der Waals surface area contributed by atoms with Crippen molar-refractivity contribution in [2.24, 2.45) is 0 Å². The van der Waals surface area contributed by atoms with Gasteiger partial charge in [0.2, 0.25) is 0 Å². The lowest BCUT2D eigenvalue weighted by atomic mass is 10.2. The molecule has 0 aromatic heterocycles. The van der Waals surface area contributed by atoms with E-state index in [2.05, 4.69) is 0 Å². The van der Waals surface area contributed by atoms with Crippen molar-refractivity contribution in [3.8, 4) is 0 Å². The van der Waals surface area contributed by atoms with Crippen molar-refractivity contribution in [1.82, 2.24) is 0 Å². The molecule has 3 nitrogen and oxygen atoms in total. The molecule has 0 aromatic rings. The number of carbonyl (C=O) groups is 1. The second-order valence-corrected chi connectivity index (χ2v) is 3.07. The summed E-state index contributed by atoms with van der Waals surface area (Å²) in [6.07, 6.45) is 2.34. The topological polar surface area (TPSA) is 35.5 Å². The Morgan fingerprint density at radius 2 is 2.00 bits per heavy atom. The van der Waals surface area contributed by atoms with Crippen LogP contribution < -0.4 is 0 Å². The molecule has 0 rings (SSSR count). The lowest BCUT2D eigenvalue weighted by molar-refractivity contribution is -0.116. The van der Waals surface area contributed by atoms with E-state index in [1.165, 1.54) is 14.2 Å². The highest BCUT2D eigenvalue weighted by Gasteiger charge is 2.08. The Morgan fingerprint density at radius 3 is 2.38 bits per heavy atom. The van der Waals surface area contributed by atoms with Crippen LogP contribution in [0.25, 0.3) is 0 Å². The normalized spacial score (nSPS) is 12.2. The van der Waals surface area contributed by atoms with Gasteiger partial charge in [0, 0.05) is 20.6 Å². The third kappa shape index (κ3) is 5.80. The lowest BCUT2D eigenvalue weighted by Gasteiger charge is -2.11. The quantitative estimate of drug-likeness (QED) is 0.625. The molecule has 0 amide bonds. The number of ketones is 1. The fraction of sp³-hybridized carbons (Fsp3) is 0.667. The Balaban J connectivity index is 3.91. The summed E-state index contributed by atoms with van der Waals surface area (Å²) in [7, 11) is 3.02. The predicted molar refractivity (Wildman–Crippen MR) is 51.7 cm³/mol. The van der Waals surface area contributed by atoms with Gasteiger partial charge in [-0.05, 0) is 13.3 Å². The average molecular weight is 207 g/mol. The first-order chi connectivity index (χ1) is 6.11. The molecule has 0 aliphatic carbocycles. The van der Waals surface area contributed by atoms with Gasteiger partial charge in [-0.15, -0.1) is 0 Å². The standard InChI is InChI=1S/C9H15ClO3/c1-7(11)5-4-6-8(10)9(12-2)13-3/h6,9H,4-5H2,1-3H3/b8-6+. The van der Waals surface area contributed by atoms with Gasteiger partial charge in [0.1, 0.15) is 5.78 Å². The van der Waals surface area contributed by atoms with Crippen LogP contribution in [0.4, 0.5) is 0 Å². The summed E-state index contributed by atoms with van der Waals surface area (Å²) in [5, 5.41) is 0.478. The molecule has 0 fully saturated rings. The van der Waals surface area contributed by atoms with E-state index in [0.717, 1.165) is 0 Å².